The summed E-state index contributed by atoms with van der Waals surface area (Å²) in [6.45, 7) is 0. The molecular weight excluding hydrogens is 1080 g/mol. The first-order chi connectivity index (χ1) is 32.4. The molecule has 6 rings (SSSR count). The van der Waals surface area contributed by atoms with Crippen LogP contribution < -0.4 is 26.0 Å². The van der Waals surface area contributed by atoms with Gasteiger partial charge in [-0.3, -0.25) is 4.18 Å². The third-order valence-electron chi connectivity index (χ3n) is 10.5. The van der Waals surface area contributed by atoms with Crippen LogP contribution in [0.15, 0.2) is 109 Å². The number of alkyl halides is 24. The van der Waals surface area contributed by atoms with Gasteiger partial charge >= 0.3 is 49.4 Å². The van der Waals surface area contributed by atoms with Crippen LogP contribution in [-0.4, -0.2) is 18.7 Å². The molecule has 0 aliphatic carbocycles. The first-order valence-electron chi connectivity index (χ1n) is 19.2. The van der Waals surface area contributed by atoms with Crippen LogP contribution in [0.1, 0.15) is 44.5 Å². The summed E-state index contributed by atoms with van der Waals surface area (Å²) in [7, 11) is 0. The van der Waals surface area contributed by atoms with Crippen molar-refractivity contribution in [2.45, 2.75) is 49.4 Å². The van der Waals surface area contributed by atoms with Gasteiger partial charge in [0, 0.05) is 5.39 Å². The lowest BCUT2D eigenvalue weighted by Gasteiger charge is -2.46. The summed E-state index contributed by atoms with van der Waals surface area (Å²) >= 11 is 6.01. The highest BCUT2D eigenvalue weighted by molar-refractivity contribution is 7.91. The van der Waals surface area contributed by atoms with E-state index in [-0.39, 0.29) is 11.2 Å². The molecule has 0 spiro atoms. The molecule has 0 amide bonds. The van der Waals surface area contributed by atoms with Crippen molar-refractivity contribution in [3.05, 3.63) is 159 Å². The fraction of sp³-hybridized carbons (Fsp3) is 0.227. The van der Waals surface area contributed by atoms with Gasteiger partial charge in [0.05, 0.1) is 49.5 Å². The SMILES string of the molecule is C[S+](C)Oc1c(Cl)ccc2ccccc12.FC(F)(F)c1cc([B-](c2cc(C(F)(F)F)cc(C(F)(F)F)c2)(c2cc(C(F)(F)F)cc(C(F)(F)F)c2)c2cc(C(F)(F)F)cc(C(F)(F)F)c2)cc(C(F)(F)F)c1. The minimum atomic E-state index is -6.13. The Morgan fingerprint density at radius 2 is 0.583 bits per heavy atom. The van der Waals surface area contributed by atoms with Gasteiger partial charge in [0.2, 0.25) is 5.75 Å². The molecular formula is C44H24BClF24OS. The van der Waals surface area contributed by atoms with Crippen molar-refractivity contribution < 1.29 is 110 Å². The second kappa shape index (κ2) is 19.4. The van der Waals surface area contributed by atoms with Gasteiger partial charge in [0.15, 0.2) is 11.2 Å². The average molecular weight is 1100 g/mol. The van der Waals surface area contributed by atoms with E-state index in [1.54, 1.807) is 0 Å². The van der Waals surface area contributed by atoms with Gasteiger partial charge in [-0.2, -0.15) is 127 Å². The highest BCUT2D eigenvalue weighted by Gasteiger charge is 2.47. The summed E-state index contributed by atoms with van der Waals surface area (Å²) in [5, 5.41) is 2.91. The zero-order valence-corrected chi connectivity index (χ0v) is 36.8. The molecule has 0 heterocycles. The molecule has 0 radical (unpaired) electrons. The lowest BCUT2D eigenvalue weighted by atomic mass is 9.12. The summed E-state index contributed by atoms with van der Waals surface area (Å²) in [6.07, 6.45) is -50.8. The standard InChI is InChI=1S/C32H12BF24.C12H12ClOS/c34-25(35,36)13-1-14(26(37,38)39)6-21(5-13)33(22-7-15(27(40,41)42)2-16(8-22)28(43,44)45,23-9-17(29(46,47)48)3-18(10-23)30(49,50)51)24-11-19(31(52,53)54)4-20(12-24)32(55,56)57;1-15(2)14-12-10-6-4-3-5-9(10)7-8-11(12)13/h1-12H;3-8H,1-2H3/q-1;+1. The summed E-state index contributed by atoms with van der Waals surface area (Å²) in [6, 6.07) is 3.17. The molecule has 0 aliphatic heterocycles. The van der Waals surface area contributed by atoms with E-state index in [4.69, 9.17) is 15.8 Å². The molecule has 390 valence electrons. The Balaban J connectivity index is 0.000000542. The van der Waals surface area contributed by atoms with Crippen molar-refractivity contribution in [1.29, 1.82) is 0 Å². The average Bonchev–Trinajstić information content (AvgIpc) is 3.22. The maximum absolute atomic E-state index is 14.2. The quantitative estimate of drug-likeness (QED) is 0.0918. The van der Waals surface area contributed by atoms with Crippen molar-refractivity contribution in [3.63, 3.8) is 0 Å². The van der Waals surface area contributed by atoms with E-state index in [2.05, 4.69) is 6.07 Å². The van der Waals surface area contributed by atoms with Crippen LogP contribution in [0.5, 0.6) is 5.75 Å². The smallest absolute Gasteiger partial charge is 0.284 e. The number of hydrogen-bond donors (Lipinski definition) is 0. The van der Waals surface area contributed by atoms with Gasteiger partial charge in [0.1, 0.15) is 18.7 Å². The minimum absolute atomic E-state index is 0.117. The number of halogens is 25. The molecule has 0 N–H and O–H groups in total. The van der Waals surface area contributed by atoms with E-state index in [1.165, 1.54) is 0 Å². The minimum Gasteiger partial charge on any atom is -0.284 e. The molecule has 72 heavy (non-hydrogen) atoms. The Bertz CT molecular complexity index is 2500. The van der Waals surface area contributed by atoms with Crippen LogP contribution in [-0.2, 0) is 60.6 Å². The predicted octanol–water partition coefficient (Wildman–Crippen LogP) is 14.9. The van der Waals surface area contributed by atoms with Crippen molar-refractivity contribution >= 4 is 61.5 Å². The molecule has 6 aromatic rings. The van der Waals surface area contributed by atoms with Gasteiger partial charge in [-0.25, -0.2) is 0 Å². The zero-order valence-electron chi connectivity index (χ0n) is 35.2. The monoisotopic (exact) mass is 1100 g/mol. The number of rotatable bonds is 6. The third kappa shape index (κ3) is 12.8. The maximum Gasteiger partial charge on any atom is 0.416 e. The highest BCUT2D eigenvalue weighted by Crippen LogP contribution is 2.42. The second-order valence-electron chi connectivity index (χ2n) is 15.6. The lowest BCUT2D eigenvalue weighted by molar-refractivity contribution is -0.144. The van der Waals surface area contributed by atoms with E-state index >= 15 is 0 Å². The van der Waals surface area contributed by atoms with Crippen LogP contribution in [0.25, 0.3) is 10.8 Å². The summed E-state index contributed by atoms with van der Waals surface area (Å²) in [5.41, 5.74) is -30.2. The van der Waals surface area contributed by atoms with Crippen LogP contribution >= 0.6 is 11.6 Å². The Kier molecular flexibility index (Phi) is 15.4. The molecule has 0 unspecified atom stereocenters. The fourth-order valence-electron chi connectivity index (χ4n) is 7.54. The zero-order chi connectivity index (χ0) is 54.7. The Morgan fingerprint density at radius 1 is 0.347 bits per heavy atom. The van der Waals surface area contributed by atoms with E-state index in [0.29, 0.717) is 5.02 Å². The van der Waals surface area contributed by atoms with Crippen molar-refractivity contribution in [3.8, 4) is 5.75 Å². The number of hydrogen-bond acceptors (Lipinski definition) is 1. The van der Waals surface area contributed by atoms with Gasteiger partial charge in [0.25, 0.3) is 0 Å². The Labute approximate surface area is 396 Å². The maximum atomic E-state index is 14.2. The number of fused-ring (bicyclic) bond motifs is 1. The van der Waals surface area contributed by atoms with Crippen molar-refractivity contribution in [1.82, 2.24) is 0 Å². The Morgan fingerprint density at radius 3 is 0.806 bits per heavy atom. The third-order valence-corrected chi connectivity index (χ3v) is 11.3. The molecule has 0 aromatic heterocycles. The number of benzene rings is 6. The van der Waals surface area contributed by atoms with Gasteiger partial charge in [-0.15, -0.1) is 0 Å². The van der Waals surface area contributed by atoms with Crippen LogP contribution in [0.2, 0.25) is 5.02 Å². The van der Waals surface area contributed by atoms with Crippen LogP contribution in [0.4, 0.5) is 105 Å². The molecule has 6 aromatic carbocycles. The molecule has 1 nitrogen and oxygen atoms in total. The Hall–Kier alpha value is -5.60. The molecule has 0 bridgehead atoms. The highest BCUT2D eigenvalue weighted by atomic mass is 35.5. The first-order valence-corrected chi connectivity index (χ1v) is 21.6. The lowest BCUT2D eigenvalue weighted by Crippen LogP contribution is -2.75. The van der Waals surface area contributed by atoms with E-state index in [9.17, 15) is 105 Å². The molecule has 0 saturated carbocycles. The summed E-state index contributed by atoms with van der Waals surface area (Å²) in [5.74, 6) is 0.795. The van der Waals surface area contributed by atoms with E-state index < -0.39 is 195 Å². The topological polar surface area (TPSA) is 9.23 Å². The molecule has 0 saturated heterocycles. The second-order valence-corrected chi connectivity index (χ2v) is 17.7. The fourth-order valence-corrected chi connectivity index (χ4v) is 8.30. The predicted molar refractivity (Wildman–Crippen MR) is 219 cm³/mol. The molecule has 0 fully saturated rings. The van der Waals surface area contributed by atoms with Gasteiger partial charge in [-0.05, 0) is 35.7 Å². The molecule has 28 heteroatoms. The largest absolute Gasteiger partial charge is 0.416 e. The van der Waals surface area contributed by atoms with Gasteiger partial charge < -0.3 is 0 Å². The summed E-state index contributed by atoms with van der Waals surface area (Å²) < 4.78 is 347. The van der Waals surface area contributed by atoms with E-state index in [0.717, 1.165) is 16.5 Å². The normalized spacial score (nSPS) is 13.6. The van der Waals surface area contributed by atoms with Crippen molar-refractivity contribution in [2.24, 2.45) is 0 Å². The summed E-state index contributed by atoms with van der Waals surface area (Å²) in [4.78, 5) is 0. The van der Waals surface area contributed by atoms with E-state index in [1.807, 2.05) is 42.8 Å². The van der Waals surface area contributed by atoms with Gasteiger partial charge in [-0.1, -0.05) is 90.5 Å². The van der Waals surface area contributed by atoms with Crippen molar-refractivity contribution in [2.75, 3.05) is 12.5 Å². The van der Waals surface area contributed by atoms with Crippen LogP contribution in [0, 0.1) is 0 Å². The first kappa shape index (κ1) is 57.3. The molecule has 0 atom stereocenters. The molecule has 0 aliphatic rings. The van der Waals surface area contributed by atoms with Crippen LogP contribution in [0.3, 0.4) is 0 Å².